The molecule has 4 aromatic rings. The number of para-hydroxylation sites is 1. The molecule has 0 saturated heterocycles. The second-order valence-electron chi connectivity index (χ2n) is 7.11. The van der Waals surface area contributed by atoms with Gasteiger partial charge in [0.2, 0.25) is 5.91 Å². The molecule has 0 aliphatic rings. The number of nitrogens with zero attached hydrogens (tertiary/aromatic N) is 4. The van der Waals surface area contributed by atoms with Crippen LogP contribution in [-0.2, 0) is 11.3 Å². The zero-order chi connectivity index (χ0) is 22.7. The number of carbonyl (C=O) groups excluding carboxylic acids is 1. The lowest BCUT2D eigenvalue weighted by molar-refractivity contribution is -0.116. The number of rotatable bonds is 7. The van der Waals surface area contributed by atoms with E-state index in [9.17, 15) is 9.59 Å². The molecule has 1 amide bonds. The number of aromatic nitrogens is 4. The van der Waals surface area contributed by atoms with E-state index in [-0.39, 0.29) is 24.4 Å². The molecule has 0 fully saturated rings. The van der Waals surface area contributed by atoms with Crippen molar-refractivity contribution in [3.63, 3.8) is 0 Å². The van der Waals surface area contributed by atoms with Crippen molar-refractivity contribution in [2.24, 2.45) is 0 Å². The van der Waals surface area contributed by atoms with Gasteiger partial charge in [-0.3, -0.25) is 14.2 Å². The third kappa shape index (κ3) is 4.04. The van der Waals surface area contributed by atoms with Crippen LogP contribution in [0.4, 0.5) is 5.69 Å². The maximum Gasteiger partial charge on any atom is 0.264 e. The highest BCUT2D eigenvalue weighted by Gasteiger charge is 2.15. The predicted molar refractivity (Wildman–Crippen MR) is 121 cm³/mol. The molecule has 2 heterocycles. The first-order valence-electron chi connectivity index (χ1n) is 10.0. The van der Waals surface area contributed by atoms with Crippen molar-refractivity contribution in [1.29, 1.82) is 0 Å². The molecule has 0 atom stereocenters. The Bertz CT molecular complexity index is 1330. The average Bonchev–Trinajstić information content (AvgIpc) is 3.23. The number of nitrogens with one attached hydrogen (secondary N) is 1. The molecule has 0 spiro atoms. The van der Waals surface area contributed by atoms with E-state index in [1.54, 1.807) is 36.9 Å². The average molecular weight is 433 g/mol. The van der Waals surface area contributed by atoms with Crippen LogP contribution >= 0.6 is 0 Å². The molecule has 0 saturated carbocycles. The first-order valence-corrected chi connectivity index (χ1v) is 10.0. The molecule has 1 N–H and O–H groups in total. The van der Waals surface area contributed by atoms with Crippen molar-refractivity contribution in [3.05, 3.63) is 70.9 Å². The number of anilines is 1. The highest BCUT2D eigenvalue weighted by atomic mass is 16.5. The molecule has 0 radical (unpaired) electrons. The van der Waals surface area contributed by atoms with Crippen LogP contribution < -0.4 is 20.3 Å². The van der Waals surface area contributed by atoms with Crippen LogP contribution in [0.3, 0.4) is 0 Å². The van der Waals surface area contributed by atoms with Crippen molar-refractivity contribution in [1.82, 2.24) is 19.3 Å². The van der Waals surface area contributed by atoms with Crippen LogP contribution in [-0.4, -0.2) is 39.5 Å². The quantitative estimate of drug-likeness (QED) is 0.481. The molecule has 0 unspecified atom stereocenters. The number of hydrogen-bond donors (Lipinski definition) is 1. The molecule has 4 rings (SSSR count). The van der Waals surface area contributed by atoms with Crippen molar-refractivity contribution >= 4 is 22.6 Å². The van der Waals surface area contributed by atoms with E-state index in [1.807, 2.05) is 30.3 Å². The first kappa shape index (κ1) is 21.1. The monoisotopic (exact) mass is 433 g/mol. The summed E-state index contributed by atoms with van der Waals surface area (Å²) in [7, 11) is 3.07. The van der Waals surface area contributed by atoms with E-state index in [4.69, 9.17) is 9.47 Å². The van der Waals surface area contributed by atoms with Gasteiger partial charge in [-0.1, -0.05) is 18.2 Å². The maximum atomic E-state index is 13.0. The van der Waals surface area contributed by atoms with Crippen molar-refractivity contribution in [2.45, 2.75) is 19.9 Å². The van der Waals surface area contributed by atoms with E-state index in [1.165, 1.54) is 17.9 Å². The lowest BCUT2D eigenvalue weighted by atomic mass is 10.2. The Kier molecular flexibility index (Phi) is 5.89. The number of aryl methyl sites for hydroxylation is 1. The van der Waals surface area contributed by atoms with Crippen molar-refractivity contribution in [2.75, 3.05) is 19.5 Å². The number of fused-ring (bicyclic) bond motifs is 1. The molecular weight excluding hydrogens is 410 g/mol. The van der Waals surface area contributed by atoms with Crippen molar-refractivity contribution in [3.8, 4) is 17.2 Å². The summed E-state index contributed by atoms with van der Waals surface area (Å²) in [6, 6.07) is 14.6. The van der Waals surface area contributed by atoms with Gasteiger partial charge in [0.25, 0.3) is 5.56 Å². The van der Waals surface area contributed by atoms with Gasteiger partial charge < -0.3 is 14.8 Å². The summed E-state index contributed by atoms with van der Waals surface area (Å²) in [6.07, 6.45) is 1.60. The topological polar surface area (TPSA) is 100 Å². The Morgan fingerprint density at radius 1 is 1.09 bits per heavy atom. The van der Waals surface area contributed by atoms with Crippen LogP contribution in [0.1, 0.15) is 12.2 Å². The molecule has 164 valence electrons. The fourth-order valence-electron chi connectivity index (χ4n) is 3.46. The predicted octanol–water partition coefficient (Wildman–Crippen LogP) is 2.94. The third-order valence-electron chi connectivity index (χ3n) is 5.12. The Labute approximate surface area is 184 Å². The molecule has 0 aliphatic carbocycles. The number of ether oxygens (including phenoxy) is 2. The molecule has 9 nitrogen and oxygen atoms in total. The van der Waals surface area contributed by atoms with Crippen LogP contribution in [0.5, 0.6) is 11.5 Å². The molecule has 2 aromatic carbocycles. The summed E-state index contributed by atoms with van der Waals surface area (Å²) in [5, 5.41) is 7.54. The van der Waals surface area contributed by atoms with E-state index < -0.39 is 0 Å². The van der Waals surface area contributed by atoms with Gasteiger partial charge in [-0.25, -0.2) is 9.67 Å². The van der Waals surface area contributed by atoms with Gasteiger partial charge in [-0.15, -0.1) is 0 Å². The van der Waals surface area contributed by atoms with E-state index in [2.05, 4.69) is 15.4 Å². The summed E-state index contributed by atoms with van der Waals surface area (Å²) in [5.41, 5.74) is 1.60. The highest BCUT2D eigenvalue weighted by molar-refractivity contribution is 5.92. The smallest absolute Gasteiger partial charge is 0.264 e. The van der Waals surface area contributed by atoms with E-state index in [0.29, 0.717) is 34.0 Å². The number of hydrogen-bond acceptors (Lipinski definition) is 6. The van der Waals surface area contributed by atoms with Crippen LogP contribution in [0.25, 0.3) is 16.7 Å². The Morgan fingerprint density at radius 3 is 2.59 bits per heavy atom. The maximum absolute atomic E-state index is 13.0. The minimum Gasteiger partial charge on any atom is -0.497 e. The van der Waals surface area contributed by atoms with Crippen molar-refractivity contribution < 1.29 is 14.3 Å². The summed E-state index contributed by atoms with van der Waals surface area (Å²) >= 11 is 0. The molecule has 0 aliphatic heterocycles. The lowest BCUT2D eigenvalue weighted by Crippen LogP contribution is -2.26. The fraction of sp³-hybridized carbons (Fsp3) is 0.217. The van der Waals surface area contributed by atoms with E-state index in [0.717, 1.165) is 5.69 Å². The summed E-state index contributed by atoms with van der Waals surface area (Å²) in [5.74, 6) is 1.37. The van der Waals surface area contributed by atoms with Gasteiger partial charge in [0.05, 0.1) is 31.8 Å². The van der Waals surface area contributed by atoms with Gasteiger partial charge in [0, 0.05) is 19.0 Å². The molecule has 9 heteroatoms. The van der Waals surface area contributed by atoms with Gasteiger partial charge in [0.1, 0.15) is 22.7 Å². The van der Waals surface area contributed by atoms with Gasteiger partial charge in [-0.2, -0.15) is 5.10 Å². The molecule has 2 aromatic heterocycles. The molecule has 32 heavy (non-hydrogen) atoms. The van der Waals surface area contributed by atoms with Gasteiger partial charge in [-0.05, 0) is 31.2 Å². The highest BCUT2D eigenvalue weighted by Crippen LogP contribution is 2.29. The lowest BCUT2D eigenvalue weighted by Gasteiger charge is -2.13. The second kappa shape index (κ2) is 8.93. The minimum absolute atomic E-state index is 0.0932. The minimum atomic E-state index is -0.250. The number of benzene rings is 2. The third-order valence-corrected chi connectivity index (χ3v) is 5.12. The zero-order valence-corrected chi connectivity index (χ0v) is 18.0. The van der Waals surface area contributed by atoms with Gasteiger partial charge in [0.15, 0.2) is 5.65 Å². The molecular formula is C23H23N5O4. The van der Waals surface area contributed by atoms with Crippen LogP contribution in [0, 0.1) is 6.92 Å². The summed E-state index contributed by atoms with van der Waals surface area (Å²) in [6.45, 7) is 1.93. The Balaban J connectivity index is 1.54. The number of methoxy groups -OCH3 is 2. The Morgan fingerprint density at radius 2 is 1.88 bits per heavy atom. The van der Waals surface area contributed by atoms with Gasteiger partial charge >= 0.3 is 0 Å². The number of amides is 1. The van der Waals surface area contributed by atoms with Crippen LogP contribution in [0.2, 0.25) is 0 Å². The fourth-order valence-corrected chi connectivity index (χ4v) is 3.46. The standard InChI is InChI=1S/C23H23N5O4/c1-15-25-22-18(14-24-28(22)16-7-5-4-6-8-16)23(30)27(15)12-11-21(29)26-19-10-9-17(31-2)13-20(19)32-3/h4-10,13-14H,11-12H2,1-3H3,(H,26,29). The largest absolute Gasteiger partial charge is 0.497 e. The van der Waals surface area contributed by atoms with E-state index >= 15 is 0 Å². The SMILES string of the molecule is COc1ccc(NC(=O)CCn2c(C)nc3c(cnn3-c3ccccc3)c2=O)c(OC)c1. The Hall–Kier alpha value is -4.14. The number of carbonyl (C=O) groups is 1. The zero-order valence-electron chi connectivity index (χ0n) is 18.0. The summed E-state index contributed by atoms with van der Waals surface area (Å²) < 4.78 is 13.6. The molecule has 0 bridgehead atoms. The van der Waals surface area contributed by atoms with Crippen LogP contribution in [0.15, 0.2) is 59.5 Å². The first-order chi connectivity index (χ1) is 15.5. The normalized spacial score (nSPS) is 10.8. The second-order valence-corrected chi connectivity index (χ2v) is 7.11. The summed E-state index contributed by atoms with van der Waals surface area (Å²) in [4.78, 5) is 30.2.